The number of fused-ring (bicyclic) bond motifs is 1. The topological polar surface area (TPSA) is 46.3 Å². The number of carbonyl (C=O) groups is 1. The average Bonchev–Trinajstić information content (AvgIpc) is 2.89. The maximum Gasteiger partial charge on any atom is 0.230 e. The summed E-state index contributed by atoms with van der Waals surface area (Å²) in [5, 5.41) is 0. The quantitative estimate of drug-likeness (QED) is 0.918. The van der Waals surface area contributed by atoms with E-state index >= 15 is 0 Å². The molecular weight excluding hydrogens is 284 g/mol. The van der Waals surface area contributed by atoms with Gasteiger partial charge in [0.05, 0.1) is 0 Å². The highest BCUT2D eigenvalue weighted by Crippen LogP contribution is 2.36. The summed E-state index contributed by atoms with van der Waals surface area (Å²) in [6.07, 6.45) is 8.74. The Bertz CT molecular complexity index is 563. The number of rotatable bonds is 4. The Morgan fingerprint density at radius 1 is 1.30 bits per heavy atom. The minimum atomic E-state index is 0.229. The van der Waals surface area contributed by atoms with Crippen molar-refractivity contribution in [1.82, 2.24) is 0 Å². The summed E-state index contributed by atoms with van der Waals surface area (Å²) in [7, 11) is 0. The zero-order valence-corrected chi connectivity index (χ0v) is 14.6. The Kier molecular flexibility index (Phi) is 5.05. The maximum absolute atomic E-state index is 13.0. The van der Waals surface area contributed by atoms with E-state index in [1.165, 1.54) is 30.4 Å². The van der Waals surface area contributed by atoms with E-state index in [1.54, 1.807) is 0 Å². The molecule has 3 heteroatoms. The lowest BCUT2D eigenvalue weighted by Gasteiger charge is -2.29. The van der Waals surface area contributed by atoms with Crippen molar-refractivity contribution < 1.29 is 4.79 Å². The fourth-order valence-corrected chi connectivity index (χ4v) is 4.14. The van der Waals surface area contributed by atoms with Crippen LogP contribution in [-0.4, -0.2) is 18.0 Å². The van der Waals surface area contributed by atoms with Crippen LogP contribution in [0.2, 0.25) is 0 Å². The summed E-state index contributed by atoms with van der Waals surface area (Å²) in [5.41, 5.74) is 9.85. The van der Waals surface area contributed by atoms with Gasteiger partial charge in [-0.3, -0.25) is 4.79 Å². The van der Waals surface area contributed by atoms with E-state index in [-0.39, 0.29) is 18.0 Å². The van der Waals surface area contributed by atoms with Gasteiger partial charge < -0.3 is 10.6 Å². The van der Waals surface area contributed by atoms with Crippen LogP contribution in [0.5, 0.6) is 0 Å². The third-order valence-corrected chi connectivity index (χ3v) is 5.57. The SMILES string of the molecule is CCC(N)Cc1ccc2c(c1)CC(C)N2C(=O)C1CCCCC1. The molecule has 1 aliphatic carbocycles. The van der Waals surface area contributed by atoms with Crippen molar-refractivity contribution in [2.24, 2.45) is 11.7 Å². The summed E-state index contributed by atoms with van der Waals surface area (Å²) >= 11 is 0. The molecule has 1 saturated carbocycles. The fraction of sp³-hybridized carbons (Fsp3) is 0.650. The van der Waals surface area contributed by atoms with Crippen LogP contribution in [-0.2, 0) is 17.6 Å². The molecule has 2 unspecified atom stereocenters. The first-order valence-corrected chi connectivity index (χ1v) is 9.30. The smallest absolute Gasteiger partial charge is 0.230 e. The standard InChI is InChI=1S/C20H30N2O/c1-3-18(21)13-15-9-10-19-17(12-15)11-14(2)22(19)20(23)16-7-5-4-6-8-16/h9-10,12,14,16,18H,3-8,11,13,21H2,1-2H3. The first-order valence-electron chi connectivity index (χ1n) is 9.30. The predicted molar refractivity (Wildman–Crippen MR) is 95.6 cm³/mol. The minimum absolute atomic E-state index is 0.229. The van der Waals surface area contributed by atoms with Gasteiger partial charge in [-0.15, -0.1) is 0 Å². The van der Waals surface area contributed by atoms with Crippen molar-refractivity contribution in [3.63, 3.8) is 0 Å². The molecule has 0 radical (unpaired) electrons. The van der Waals surface area contributed by atoms with E-state index < -0.39 is 0 Å². The summed E-state index contributed by atoms with van der Waals surface area (Å²) in [6.45, 7) is 4.31. The van der Waals surface area contributed by atoms with Gasteiger partial charge in [0, 0.05) is 23.7 Å². The van der Waals surface area contributed by atoms with Gasteiger partial charge in [0.2, 0.25) is 5.91 Å². The minimum Gasteiger partial charge on any atom is -0.327 e. The monoisotopic (exact) mass is 314 g/mol. The molecule has 0 aromatic heterocycles. The normalized spacial score (nSPS) is 22.9. The van der Waals surface area contributed by atoms with Gasteiger partial charge in [-0.25, -0.2) is 0 Å². The predicted octanol–water partition coefficient (Wildman–Crippen LogP) is 3.82. The zero-order valence-electron chi connectivity index (χ0n) is 14.6. The number of hydrogen-bond donors (Lipinski definition) is 1. The van der Waals surface area contributed by atoms with E-state index in [1.807, 2.05) is 0 Å². The van der Waals surface area contributed by atoms with E-state index in [0.29, 0.717) is 5.91 Å². The van der Waals surface area contributed by atoms with Crippen molar-refractivity contribution >= 4 is 11.6 Å². The van der Waals surface area contributed by atoms with Gasteiger partial charge in [0.1, 0.15) is 0 Å². The number of amides is 1. The highest BCUT2D eigenvalue weighted by Gasteiger charge is 2.35. The molecule has 1 amide bonds. The van der Waals surface area contributed by atoms with Crippen molar-refractivity contribution in [3.8, 4) is 0 Å². The molecule has 1 aromatic rings. The molecule has 1 fully saturated rings. The Morgan fingerprint density at radius 3 is 2.74 bits per heavy atom. The van der Waals surface area contributed by atoms with Gasteiger partial charge in [0.25, 0.3) is 0 Å². The van der Waals surface area contributed by atoms with Crippen molar-refractivity contribution in [2.45, 2.75) is 77.3 Å². The molecule has 2 aliphatic rings. The van der Waals surface area contributed by atoms with Crippen LogP contribution in [0.25, 0.3) is 0 Å². The second-order valence-electron chi connectivity index (χ2n) is 7.43. The highest BCUT2D eigenvalue weighted by molar-refractivity contribution is 5.97. The van der Waals surface area contributed by atoms with Crippen LogP contribution in [0.1, 0.15) is 63.5 Å². The van der Waals surface area contributed by atoms with Crippen LogP contribution in [0.15, 0.2) is 18.2 Å². The van der Waals surface area contributed by atoms with E-state index in [4.69, 9.17) is 5.73 Å². The molecule has 0 saturated heterocycles. The molecule has 1 aromatic carbocycles. The van der Waals surface area contributed by atoms with E-state index in [2.05, 4.69) is 36.9 Å². The Balaban J connectivity index is 1.79. The van der Waals surface area contributed by atoms with Crippen molar-refractivity contribution in [1.29, 1.82) is 0 Å². The van der Waals surface area contributed by atoms with Gasteiger partial charge in [-0.1, -0.05) is 38.3 Å². The first kappa shape index (κ1) is 16.5. The Labute approximate surface area is 140 Å². The number of nitrogens with two attached hydrogens (primary N) is 1. The number of anilines is 1. The van der Waals surface area contributed by atoms with Gasteiger partial charge in [-0.2, -0.15) is 0 Å². The van der Waals surface area contributed by atoms with Crippen molar-refractivity contribution in [3.05, 3.63) is 29.3 Å². The second-order valence-corrected chi connectivity index (χ2v) is 7.43. The number of carbonyl (C=O) groups excluding carboxylic acids is 1. The summed E-state index contributed by atoms with van der Waals surface area (Å²) in [4.78, 5) is 15.1. The second kappa shape index (κ2) is 7.04. The Morgan fingerprint density at radius 2 is 2.04 bits per heavy atom. The van der Waals surface area contributed by atoms with Gasteiger partial charge in [-0.05, 0) is 56.2 Å². The van der Waals surface area contributed by atoms with E-state index in [9.17, 15) is 4.79 Å². The number of nitrogens with zero attached hydrogens (tertiary/aromatic N) is 1. The molecule has 126 valence electrons. The highest BCUT2D eigenvalue weighted by atomic mass is 16.2. The first-order chi connectivity index (χ1) is 11.1. The lowest BCUT2D eigenvalue weighted by molar-refractivity contribution is -0.123. The number of benzene rings is 1. The third kappa shape index (κ3) is 3.45. The molecule has 1 heterocycles. The van der Waals surface area contributed by atoms with Crippen LogP contribution in [0.4, 0.5) is 5.69 Å². The van der Waals surface area contributed by atoms with Crippen LogP contribution in [0, 0.1) is 5.92 Å². The fourth-order valence-electron chi connectivity index (χ4n) is 4.14. The zero-order chi connectivity index (χ0) is 16.4. The lowest BCUT2D eigenvalue weighted by atomic mass is 9.88. The summed E-state index contributed by atoms with van der Waals surface area (Å²) < 4.78 is 0. The lowest BCUT2D eigenvalue weighted by Crippen LogP contribution is -2.40. The molecule has 3 rings (SSSR count). The largest absolute Gasteiger partial charge is 0.327 e. The molecule has 0 bridgehead atoms. The van der Waals surface area contributed by atoms with E-state index in [0.717, 1.165) is 37.8 Å². The molecule has 2 atom stereocenters. The maximum atomic E-state index is 13.0. The average molecular weight is 314 g/mol. The van der Waals surface area contributed by atoms with Crippen LogP contribution < -0.4 is 10.6 Å². The van der Waals surface area contributed by atoms with Crippen LogP contribution >= 0.6 is 0 Å². The Hall–Kier alpha value is -1.35. The van der Waals surface area contributed by atoms with Gasteiger partial charge >= 0.3 is 0 Å². The molecule has 0 spiro atoms. The van der Waals surface area contributed by atoms with Gasteiger partial charge in [0.15, 0.2) is 0 Å². The third-order valence-electron chi connectivity index (χ3n) is 5.57. The molecule has 2 N–H and O–H groups in total. The molecular formula is C20H30N2O. The summed E-state index contributed by atoms with van der Waals surface area (Å²) in [6, 6.07) is 7.10. The summed E-state index contributed by atoms with van der Waals surface area (Å²) in [5.74, 6) is 0.597. The van der Waals surface area contributed by atoms with Crippen LogP contribution in [0.3, 0.4) is 0 Å². The molecule has 3 nitrogen and oxygen atoms in total. The number of hydrogen-bond acceptors (Lipinski definition) is 2. The van der Waals surface area contributed by atoms with Crippen molar-refractivity contribution in [2.75, 3.05) is 4.90 Å². The molecule has 23 heavy (non-hydrogen) atoms. The molecule has 1 aliphatic heterocycles.